The first-order valence-electron chi connectivity index (χ1n) is 5.71. The van der Waals surface area contributed by atoms with Crippen LogP contribution >= 0.6 is 27.3 Å². The van der Waals surface area contributed by atoms with Gasteiger partial charge in [0.15, 0.2) is 5.82 Å². The Morgan fingerprint density at radius 2 is 2.32 bits per heavy atom. The molecule has 0 fully saturated rings. The van der Waals surface area contributed by atoms with Crippen LogP contribution in [0, 0.1) is 5.41 Å². The van der Waals surface area contributed by atoms with E-state index in [1.165, 1.54) is 11.3 Å². The fourth-order valence-corrected chi connectivity index (χ4v) is 2.96. The number of nitrogens with zero attached hydrogens (tertiary/aromatic N) is 4. The summed E-state index contributed by atoms with van der Waals surface area (Å²) in [5, 5.41) is 20.8. The number of hydrogen-bond acceptors (Lipinski definition) is 5. The summed E-state index contributed by atoms with van der Waals surface area (Å²) in [6.45, 7) is 3.79. The fraction of sp³-hybridized carbons (Fsp3) is 0.455. The van der Waals surface area contributed by atoms with Crippen LogP contribution < -0.4 is 0 Å². The molecule has 0 bridgehead atoms. The highest BCUT2D eigenvalue weighted by molar-refractivity contribution is 9.11. The van der Waals surface area contributed by atoms with Crippen molar-refractivity contribution in [2.75, 3.05) is 0 Å². The summed E-state index contributed by atoms with van der Waals surface area (Å²) < 4.78 is 2.53. The van der Waals surface area contributed by atoms with Crippen molar-refractivity contribution in [2.45, 2.75) is 26.8 Å². The molecular formula is C11H13BrN4O2S. The second kappa shape index (κ2) is 5.38. The minimum absolute atomic E-state index is 0.247. The zero-order valence-electron chi connectivity index (χ0n) is 10.5. The molecule has 2 rings (SSSR count). The van der Waals surface area contributed by atoms with Gasteiger partial charge >= 0.3 is 5.97 Å². The molecule has 6 nitrogen and oxygen atoms in total. The van der Waals surface area contributed by atoms with E-state index >= 15 is 0 Å². The van der Waals surface area contributed by atoms with E-state index in [0.717, 1.165) is 8.66 Å². The van der Waals surface area contributed by atoms with E-state index in [9.17, 15) is 9.90 Å². The highest BCUT2D eigenvalue weighted by Crippen LogP contribution is 2.31. The Morgan fingerprint density at radius 1 is 1.58 bits per heavy atom. The largest absolute Gasteiger partial charge is 0.481 e. The molecule has 0 aliphatic rings. The van der Waals surface area contributed by atoms with Crippen molar-refractivity contribution < 1.29 is 9.90 Å². The maximum absolute atomic E-state index is 11.3. The number of carbonyl (C=O) groups is 1. The van der Waals surface area contributed by atoms with Crippen molar-refractivity contribution >= 4 is 33.2 Å². The number of rotatable bonds is 5. The first-order chi connectivity index (χ1) is 8.96. The molecule has 0 amide bonds. The van der Waals surface area contributed by atoms with Crippen LogP contribution in [0.4, 0.5) is 0 Å². The number of halogens is 1. The number of carboxylic acid groups (broad SMARTS) is 1. The predicted molar refractivity (Wildman–Crippen MR) is 74.9 cm³/mol. The lowest BCUT2D eigenvalue weighted by molar-refractivity contribution is -0.149. The van der Waals surface area contributed by atoms with E-state index in [2.05, 4.69) is 31.5 Å². The third-order valence-corrected chi connectivity index (χ3v) is 4.74. The predicted octanol–water partition coefficient (Wildman–Crippen LogP) is 2.67. The Labute approximate surface area is 122 Å². The Balaban J connectivity index is 2.33. The SMILES string of the molecule is CCC(C)(Cn1nnnc1-c1ccc(Br)s1)C(=O)O. The molecule has 2 heterocycles. The average molecular weight is 345 g/mol. The van der Waals surface area contributed by atoms with Crippen molar-refractivity contribution in [2.24, 2.45) is 5.41 Å². The Morgan fingerprint density at radius 3 is 2.84 bits per heavy atom. The number of carboxylic acids is 1. The van der Waals surface area contributed by atoms with Gasteiger partial charge in [0.2, 0.25) is 0 Å². The lowest BCUT2D eigenvalue weighted by Crippen LogP contribution is -2.32. The van der Waals surface area contributed by atoms with Gasteiger partial charge in [0, 0.05) is 0 Å². The summed E-state index contributed by atoms with van der Waals surface area (Å²) in [5.41, 5.74) is -0.876. The maximum Gasteiger partial charge on any atom is 0.311 e. The van der Waals surface area contributed by atoms with Crippen molar-refractivity contribution in [3.05, 3.63) is 15.9 Å². The average Bonchev–Trinajstić information content (AvgIpc) is 2.97. The number of thiophene rings is 1. The van der Waals surface area contributed by atoms with Crippen molar-refractivity contribution in [1.29, 1.82) is 0 Å². The van der Waals surface area contributed by atoms with Crippen LogP contribution in [-0.4, -0.2) is 31.3 Å². The smallest absolute Gasteiger partial charge is 0.311 e. The molecule has 1 atom stereocenters. The van der Waals surface area contributed by atoms with Crippen LogP contribution in [0.3, 0.4) is 0 Å². The summed E-state index contributed by atoms with van der Waals surface area (Å²) in [6.07, 6.45) is 0.510. The highest BCUT2D eigenvalue weighted by atomic mass is 79.9. The van der Waals surface area contributed by atoms with Gasteiger partial charge in [0.25, 0.3) is 0 Å². The van der Waals surface area contributed by atoms with Crippen molar-refractivity contribution in [3.63, 3.8) is 0 Å². The molecule has 0 aliphatic carbocycles. The van der Waals surface area contributed by atoms with E-state index in [1.54, 1.807) is 11.6 Å². The van der Waals surface area contributed by atoms with Crippen LogP contribution in [0.15, 0.2) is 15.9 Å². The third kappa shape index (κ3) is 2.84. The first kappa shape index (κ1) is 14.1. The first-order valence-corrected chi connectivity index (χ1v) is 7.32. The number of hydrogen-bond donors (Lipinski definition) is 1. The number of tetrazole rings is 1. The maximum atomic E-state index is 11.3. The molecule has 2 aromatic rings. The minimum Gasteiger partial charge on any atom is -0.481 e. The van der Waals surface area contributed by atoms with Crippen LogP contribution in [0.2, 0.25) is 0 Å². The van der Waals surface area contributed by atoms with E-state index in [0.29, 0.717) is 12.2 Å². The monoisotopic (exact) mass is 344 g/mol. The normalized spacial score (nSPS) is 14.3. The Bertz CT molecular complexity index is 597. The minimum atomic E-state index is -0.876. The van der Waals surface area contributed by atoms with Gasteiger partial charge < -0.3 is 5.11 Å². The van der Waals surface area contributed by atoms with Gasteiger partial charge in [0.05, 0.1) is 20.6 Å². The Kier molecular flexibility index (Phi) is 4.00. The zero-order valence-corrected chi connectivity index (χ0v) is 12.9. The van der Waals surface area contributed by atoms with Gasteiger partial charge in [0.1, 0.15) is 0 Å². The lowest BCUT2D eigenvalue weighted by Gasteiger charge is -2.22. The third-order valence-electron chi connectivity index (χ3n) is 3.12. The molecule has 19 heavy (non-hydrogen) atoms. The lowest BCUT2D eigenvalue weighted by atomic mass is 9.88. The molecule has 0 radical (unpaired) electrons. The Hall–Kier alpha value is -1.28. The second-order valence-corrected chi connectivity index (χ2v) is 6.95. The summed E-state index contributed by atoms with van der Waals surface area (Å²) >= 11 is 4.89. The van der Waals surface area contributed by atoms with Gasteiger partial charge in [-0.3, -0.25) is 4.79 Å². The molecule has 1 unspecified atom stereocenters. The topological polar surface area (TPSA) is 80.9 Å². The quantitative estimate of drug-likeness (QED) is 0.901. The van der Waals surface area contributed by atoms with E-state index < -0.39 is 11.4 Å². The van der Waals surface area contributed by atoms with Crippen LogP contribution in [0.5, 0.6) is 0 Å². The van der Waals surface area contributed by atoms with Gasteiger partial charge in [-0.15, -0.1) is 16.4 Å². The van der Waals surface area contributed by atoms with Gasteiger partial charge in [-0.2, -0.15) is 0 Å². The van der Waals surface area contributed by atoms with Crippen molar-refractivity contribution in [3.8, 4) is 10.7 Å². The second-order valence-electron chi connectivity index (χ2n) is 4.48. The van der Waals surface area contributed by atoms with Gasteiger partial charge in [-0.25, -0.2) is 4.68 Å². The zero-order chi connectivity index (χ0) is 14.0. The van der Waals surface area contributed by atoms with Crippen molar-refractivity contribution in [1.82, 2.24) is 20.2 Å². The van der Waals surface area contributed by atoms with Gasteiger partial charge in [-0.05, 0) is 51.8 Å². The van der Waals surface area contributed by atoms with Gasteiger partial charge in [-0.1, -0.05) is 6.92 Å². The summed E-state index contributed by atoms with van der Waals surface area (Å²) in [6, 6.07) is 3.82. The summed E-state index contributed by atoms with van der Waals surface area (Å²) in [4.78, 5) is 12.2. The van der Waals surface area contributed by atoms with E-state index in [1.807, 2.05) is 19.1 Å². The van der Waals surface area contributed by atoms with Crippen LogP contribution in [0.25, 0.3) is 10.7 Å². The standard InChI is InChI=1S/C11H13BrN4O2S/c1-3-11(2,10(17)18)6-16-9(13-14-15-16)7-4-5-8(12)19-7/h4-5H,3,6H2,1-2H3,(H,17,18). The fourth-order valence-electron chi connectivity index (χ4n) is 1.58. The molecule has 102 valence electrons. The number of aromatic nitrogens is 4. The molecule has 0 aromatic carbocycles. The molecule has 0 saturated carbocycles. The molecule has 0 aliphatic heterocycles. The van der Waals surface area contributed by atoms with E-state index in [-0.39, 0.29) is 6.54 Å². The molecule has 8 heteroatoms. The molecule has 2 aromatic heterocycles. The summed E-state index contributed by atoms with van der Waals surface area (Å²) in [5.74, 6) is -0.250. The highest BCUT2D eigenvalue weighted by Gasteiger charge is 2.33. The molecule has 1 N–H and O–H groups in total. The van der Waals surface area contributed by atoms with Crippen LogP contribution in [-0.2, 0) is 11.3 Å². The molecule has 0 saturated heterocycles. The molecular weight excluding hydrogens is 332 g/mol. The number of aliphatic carboxylic acids is 1. The van der Waals surface area contributed by atoms with Crippen LogP contribution in [0.1, 0.15) is 20.3 Å². The van der Waals surface area contributed by atoms with E-state index in [4.69, 9.17) is 0 Å². The summed E-state index contributed by atoms with van der Waals surface area (Å²) in [7, 11) is 0. The molecule has 0 spiro atoms.